The van der Waals surface area contributed by atoms with Crippen LogP contribution in [0.25, 0.3) is 0 Å². The van der Waals surface area contributed by atoms with E-state index < -0.39 is 18.6 Å². The first-order valence-electron chi connectivity index (χ1n) is 9.62. The minimum Gasteiger partial charge on any atom is -0.456 e. The second-order valence-corrected chi connectivity index (χ2v) is 8.07. The third kappa shape index (κ3) is 2.79. The van der Waals surface area contributed by atoms with Gasteiger partial charge in [-0.1, -0.05) is 29.8 Å². The maximum Gasteiger partial charge on any atom is 0.329 e. The Morgan fingerprint density at radius 1 is 1.11 bits per heavy atom. The number of imide groups is 1. The number of nitrogens with zero attached hydrogens (tertiary/aromatic N) is 1. The van der Waals surface area contributed by atoms with Gasteiger partial charge >= 0.3 is 5.97 Å². The molecule has 146 valence electrons. The smallest absolute Gasteiger partial charge is 0.329 e. The molecule has 2 fully saturated rings. The van der Waals surface area contributed by atoms with Crippen LogP contribution in [0.3, 0.4) is 0 Å². The summed E-state index contributed by atoms with van der Waals surface area (Å²) in [5, 5.41) is 0. The van der Waals surface area contributed by atoms with Crippen LogP contribution in [-0.4, -0.2) is 41.1 Å². The number of benzene rings is 1. The molecule has 1 aromatic carbocycles. The van der Waals surface area contributed by atoms with E-state index in [0.29, 0.717) is 5.56 Å². The van der Waals surface area contributed by atoms with Crippen LogP contribution in [0.1, 0.15) is 34.8 Å². The van der Waals surface area contributed by atoms with Gasteiger partial charge in [-0.25, -0.2) is 4.79 Å². The van der Waals surface area contributed by atoms with Crippen molar-refractivity contribution in [2.24, 2.45) is 23.7 Å². The van der Waals surface area contributed by atoms with E-state index in [2.05, 4.69) is 0 Å². The van der Waals surface area contributed by atoms with Crippen LogP contribution >= 0.6 is 0 Å². The standard InChI is InChI=1S/C22H23NO5/c1-11-4-5-12(2)16(8-11)17(24)10-28-22(27)13(3)23-20(25)18-14-6-7-15(9-14)19(18)21(23)26/h4-8,13-15,18-19H,9-10H2,1-3H3. The first kappa shape index (κ1) is 18.6. The number of aryl methyl sites for hydroxylation is 2. The maximum atomic E-state index is 12.8. The van der Waals surface area contributed by atoms with Crippen LogP contribution in [0.15, 0.2) is 30.4 Å². The number of ketones is 1. The minimum absolute atomic E-state index is 0.0885. The molecular formula is C22H23NO5. The SMILES string of the molecule is Cc1ccc(C)c(C(=O)COC(=O)C(C)N2C(=O)C3C4C=CC(C4)C3C2=O)c1. The summed E-state index contributed by atoms with van der Waals surface area (Å²) in [6, 6.07) is 4.47. The van der Waals surface area contributed by atoms with Crippen LogP contribution in [0.2, 0.25) is 0 Å². The number of fused-ring (bicyclic) bond motifs is 5. The first-order valence-corrected chi connectivity index (χ1v) is 9.62. The summed E-state index contributed by atoms with van der Waals surface area (Å²) in [7, 11) is 0. The highest BCUT2D eigenvalue weighted by molar-refractivity contribution is 6.09. The van der Waals surface area contributed by atoms with Gasteiger partial charge in [0, 0.05) is 5.56 Å². The summed E-state index contributed by atoms with van der Waals surface area (Å²) < 4.78 is 5.17. The molecule has 4 rings (SSSR count). The number of carbonyl (C=O) groups excluding carboxylic acids is 4. The predicted molar refractivity (Wildman–Crippen MR) is 100 cm³/mol. The van der Waals surface area contributed by atoms with Gasteiger partial charge in [-0.3, -0.25) is 19.3 Å². The predicted octanol–water partition coefficient (Wildman–Crippen LogP) is 2.22. The van der Waals surface area contributed by atoms with E-state index in [1.807, 2.05) is 38.1 Å². The molecule has 0 spiro atoms. The van der Waals surface area contributed by atoms with Crippen molar-refractivity contribution in [3.8, 4) is 0 Å². The lowest BCUT2D eigenvalue weighted by Crippen LogP contribution is -2.45. The lowest BCUT2D eigenvalue weighted by molar-refractivity contribution is -0.157. The van der Waals surface area contributed by atoms with Crippen molar-refractivity contribution in [3.63, 3.8) is 0 Å². The Kier molecular flexibility index (Phi) is 4.44. The van der Waals surface area contributed by atoms with E-state index >= 15 is 0 Å². The molecule has 2 amide bonds. The molecule has 1 aliphatic heterocycles. The second kappa shape index (κ2) is 6.69. The van der Waals surface area contributed by atoms with Gasteiger partial charge in [0.15, 0.2) is 6.61 Å². The summed E-state index contributed by atoms with van der Waals surface area (Å²) in [5.74, 6) is -2.16. The molecule has 5 atom stereocenters. The van der Waals surface area contributed by atoms with Gasteiger partial charge in [-0.2, -0.15) is 0 Å². The Balaban J connectivity index is 1.42. The van der Waals surface area contributed by atoms with Crippen molar-refractivity contribution in [2.45, 2.75) is 33.2 Å². The molecule has 0 N–H and O–H groups in total. The van der Waals surface area contributed by atoms with E-state index in [1.54, 1.807) is 6.07 Å². The first-order chi connectivity index (χ1) is 13.3. The summed E-state index contributed by atoms with van der Waals surface area (Å²) in [5.41, 5.74) is 2.25. The van der Waals surface area contributed by atoms with Gasteiger partial charge in [0.05, 0.1) is 11.8 Å². The Morgan fingerprint density at radius 3 is 2.32 bits per heavy atom. The third-order valence-corrected chi connectivity index (χ3v) is 6.27. The fourth-order valence-corrected chi connectivity index (χ4v) is 4.78. The highest BCUT2D eigenvalue weighted by Gasteiger charge is 2.60. The van der Waals surface area contributed by atoms with E-state index in [4.69, 9.17) is 4.74 Å². The van der Waals surface area contributed by atoms with Crippen LogP contribution in [0, 0.1) is 37.5 Å². The van der Waals surface area contributed by atoms with Crippen molar-refractivity contribution in [3.05, 3.63) is 47.0 Å². The molecule has 1 heterocycles. The van der Waals surface area contributed by atoms with E-state index in [-0.39, 0.29) is 41.3 Å². The summed E-state index contributed by atoms with van der Waals surface area (Å²) in [6.45, 7) is 4.77. The van der Waals surface area contributed by atoms with Crippen LogP contribution in [0.5, 0.6) is 0 Å². The lowest BCUT2D eigenvalue weighted by atomic mass is 9.85. The average molecular weight is 381 g/mol. The number of hydrogen-bond acceptors (Lipinski definition) is 5. The average Bonchev–Trinajstić information content (AvgIpc) is 3.34. The number of amides is 2. The molecule has 0 aromatic heterocycles. The fourth-order valence-electron chi connectivity index (χ4n) is 4.78. The van der Waals surface area contributed by atoms with Crippen molar-refractivity contribution in [1.82, 2.24) is 4.90 Å². The number of ether oxygens (including phenoxy) is 1. The van der Waals surface area contributed by atoms with Crippen LogP contribution < -0.4 is 0 Å². The number of rotatable bonds is 5. The zero-order valence-corrected chi connectivity index (χ0v) is 16.2. The number of hydrogen-bond donors (Lipinski definition) is 0. The third-order valence-electron chi connectivity index (χ3n) is 6.27. The van der Waals surface area contributed by atoms with Gasteiger partial charge in [-0.05, 0) is 50.7 Å². The normalized spacial score (nSPS) is 28.6. The minimum atomic E-state index is -1.03. The molecule has 6 nitrogen and oxygen atoms in total. The van der Waals surface area contributed by atoms with Crippen molar-refractivity contribution in [2.75, 3.05) is 6.61 Å². The molecule has 2 aliphatic carbocycles. The van der Waals surface area contributed by atoms with Crippen LogP contribution in [0.4, 0.5) is 0 Å². The zero-order valence-electron chi connectivity index (χ0n) is 16.2. The number of carbonyl (C=O) groups is 4. The zero-order chi connectivity index (χ0) is 20.2. The number of allylic oxidation sites excluding steroid dienone is 2. The van der Waals surface area contributed by atoms with Crippen molar-refractivity contribution >= 4 is 23.6 Å². The monoisotopic (exact) mass is 381 g/mol. The summed E-state index contributed by atoms with van der Waals surface area (Å²) in [6.07, 6.45) is 4.85. The highest BCUT2D eigenvalue weighted by atomic mass is 16.5. The van der Waals surface area contributed by atoms with Gasteiger partial charge in [0.1, 0.15) is 6.04 Å². The van der Waals surface area contributed by atoms with Gasteiger partial charge in [-0.15, -0.1) is 0 Å². The number of Topliss-reactive ketones (excluding diaryl/α,β-unsaturated/α-hetero) is 1. The van der Waals surface area contributed by atoms with E-state index in [0.717, 1.165) is 22.4 Å². The van der Waals surface area contributed by atoms with Crippen LogP contribution in [-0.2, 0) is 19.1 Å². The number of esters is 1. The maximum absolute atomic E-state index is 12.8. The van der Waals surface area contributed by atoms with E-state index in [9.17, 15) is 19.2 Å². The molecule has 1 saturated carbocycles. The fraction of sp³-hybridized carbons (Fsp3) is 0.455. The Bertz CT molecular complexity index is 888. The Hall–Kier alpha value is -2.76. The molecule has 6 heteroatoms. The molecule has 5 unspecified atom stereocenters. The molecule has 1 aromatic rings. The molecule has 3 aliphatic rings. The molecule has 0 radical (unpaired) electrons. The molecular weight excluding hydrogens is 358 g/mol. The quantitative estimate of drug-likeness (QED) is 0.338. The topological polar surface area (TPSA) is 80.8 Å². The van der Waals surface area contributed by atoms with Crippen molar-refractivity contribution < 1.29 is 23.9 Å². The largest absolute Gasteiger partial charge is 0.456 e. The van der Waals surface area contributed by atoms with E-state index in [1.165, 1.54) is 6.92 Å². The Morgan fingerprint density at radius 2 is 1.71 bits per heavy atom. The van der Waals surface area contributed by atoms with Gasteiger partial charge in [0.2, 0.25) is 17.6 Å². The lowest BCUT2D eigenvalue weighted by Gasteiger charge is -2.23. The summed E-state index contributed by atoms with van der Waals surface area (Å²) in [4.78, 5) is 51.5. The number of likely N-dealkylation sites (tertiary alicyclic amines) is 1. The molecule has 28 heavy (non-hydrogen) atoms. The van der Waals surface area contributed by atoms with Gasteiger partial charge in [0.25, 0.3) is 0 Å². The molecule has 2 bridgehead atoms. The summed E-state index contributed by atoms with van der Waals surface area (Å²) >= 11 is 0. The van der Waals surface area contributed by atoms with Crippen molar-refractivity contribution in [1.29, 1.82) is 0 Å². The Labute approximate surface area is 163 Å². The molecule has 1 saturated heterocycles. The van der Waals surface area contributed by atoms with Gasteiger partial charge < -0.3 is 4.74 Å². The highest BCUT2D eigenvalue weighted by Crippen LogP contribution is 2.52. The second-order valence-electron chi connectivity index (χ2n) is 8.07.